The number of rotatable bonds is 5. The molecule has 4 rings (SSSR count). The van der Waals surface area contributed by atoms with Gasteiger partial charge in [-0.25, -0.2) is 9.97 Å². The Kier molecular flexibility index (Phi) is 3.44. The van der Waals surface area contributed by atoms with E-state index in [1.807, 2.05) is 13.0 Å². The molecule has 8 nitrogen and oxygen atoms in total. The van der Waals surface area contributed by atoms with Gasteiger partial charge in [0.15, 0.2) is 5.65 Å². The Morgan fingerprint density at radius 1 is 1.46 bits per heavy atom. The van der Waals surface area contributed by atoms with Crippen LogP contribution in [0.2, 0.25) is 0 Å². The van der Waals surface area contributed by atoms with Crippen molar-refractivity contribution in [1.82, 2.24) is 25.0 Å². The predicted molar refractivity (Wildman–Crippen MR) is 87.3 cm³/mol. The molecule has 0 aliphatic heterocycles. The SMILES string of the molecule is CCn1c(N)nc2cc(C(=O)NCc3cc(C4CC4)on3)cnc21. The third-order valence-electron chi connectivity index (χ3n) is 4.18. The number of pyridine rings is 1. The molecule has 3 heterocycles. The van der Waals surface area contributed by atoms with Gasteiger partial charge in [-0.3, -0.25) is 9.36 Å². The molecule has 0 spiro atoms. The highest BCUT2D eigenvalue weighted by atomic mass is 16.5. The fourth-order valence-corrected chi connectivity index (χ4v) is 2.71. The van der Waals surface area contributed by atoms with E-state index in [1.54, 1.807) is 10.6 Å². The van der Waals surface area contributed by atoms with E-state index < -0.39 is 0 Å². The normalized spacial score (nSPS) is 14.2. The molecule has 0 radical (unpaired) electrons. The van der Waals surface area contributed by atoms with E-state index in [9.17, 15) is 4.79 Å². The van der Waals surface area contributed by atoms with E-state index in [0.29, 0.717) is 41.7 Å². The monoisotopic (exact) mass is 326 g/mol. The highest BCUT2D eigenvalue weighted by molar-refractivity contribution is 5.96. The van der Waals surface area contributed by atoms with Crippen LogP contribution in [0.1, 0.15) is 47.5 Å². The van der Waals surface area contributed by atoms with Gasteiger partial charge in [-0.15, -0.1) is 0 Å². The first-order valence-electron chi connectivity index (χ1n) is 8.01. The Morgan fingerprint density at radius 2 is 2.29 bits per heavy atom. The summed E-state index contributed by atoms with van der Waals surface area (Å²) >= 11 is 0. The summed E-state index contributed by atoms with van der Waals surface area (Å²) in [5.41, 5.74) is 8.30. The molecule has 1 amide bonds. The first-order valence-corrected chi connectivity index (χ1v) is 8.01. The van der Waals surface area contributed by atoms with Crippen LogP contribution in [0.15, 0.2) is 22.9 Å². The summed E-state index contributed by atoms with van der Waals surface area (Å²) in [5.74, 6) is 1.58. The van der Waals surface area contributed by atoms with Gasteiger partial charge in [-0.1, -0.05) is 5.16 Å². The zero-order chi connectivity index (χ0) is 16.7. The zero-order valence-electron chi connectivity index (χ0n) is 13.3. The lowest BCUT2D eigenvalue weighted by atomic mass is 10.2. The predicted octanol–water partition coefficient (Wildman–Crippen LogP) is 1.83. The fourth-order valence-electron chi connectivity index (χ4n) is 2.71. The number of nitrogens with two attached hydrogens (primary N) is 1. The van der Waals surface area contributed by atoms with Crippen LogP contribution in [0.5, 0.6) is 0 Å². The first kappa shape index (κ1) is 14.7. The Morgan fingerprint density at radius 3 is 3.04 bits per heavy atom. The van der Waals surface area contributed by atoms with Crippen LogP contribution < -0.4 is 11.1 Å². The zero-order valence-corrected chi connectivity index (χ0v) is 13.3. The van der Waals surface area contributed by atoms with Gasteiger partial charge in [-0.2, -0.15) is 0 Å². The summed E-state index contributed by atoms with van der Waals surface area (Å²) in [7, 11) is 0. The van der Waals surface area contributed by atoms with Crippen LogP contribution in [-0.4, -0.2) is 25.6 Å². The number of nitrogens with one attached hydrogen (secondary N) is 1. The Hall–Kier alpha value is -2.90. The number of imidazole rings is 1. The number of amides is 1. The topological polar surface area (TPSA) is 112 Å². The molecule has 3 aromatic heterocycles. The second kappa shape index (κ2) is 5.63. The highest BCUT2D eigenvalue weighted by Gasteiger charge is 2.27. The van der Waals surface area contributed by atoms with Crippen molar-refractivity contribution < 1.29 is 9.32 Å². The number of carbonyl (C=O) groups is 1. The fraction of sp³-hybridized carbons (Fsp3) is 0.375. The van der Waals surface area contributed by atoms with Gasteiger partial charge in [0.05, 0.1) is 12.1 Å². The number of hydrogen-bond donors (Lipinski definition) is 2. The molecular formula is C16H18N6O2. The molecule has 3 aromatic rings. The number of carbonyl (C=O) groups excluding carboxylic acids is 1. The summed E-state index contributed by atoms with van der Waals surface area (Å²) in [6.45, 7) is 2.96. The largest absolute Gasteiger partial charge is 0.369 e. The van der Waals surface area contributed by atoms with Crippen molar-refractivity contribution in [2.45, 2.75) is 38.8 Å². The first-order chi connectivity index (χ1) is 11.7. The van der Waals surface area contributed by atoms with Crippen LogP contribution in [0.25, 0.3) is 11.2 Å². The van der Waals surface area contributed by atoms with E-state index in [-0.39, 0.29) is 5.91 Å². The maximum atomic E-state index is 12.3. The van der Waals surface area contributed by atoms with Gasteiger partial charge < -0.3 is 15.6 Å². The highest BCUT2D eigenvalue weighted by Crippen LogP contribution is 2.40. The molecule has 3 N–H and O–H groups in total. The average Bonchev–Trinajstić information content (AvgIpc) is 3.23. The maximum absolute atomic E-state index is 12.3. The minimum atomic E-state index is -0.231. The molecule has 0 saturated heterocycles. The number of fused-ring (bicyclic) bond motifs is 1. The van der Waals surface area contributed by atoms with E-state index in [4.69, 9.17) is 10.3 Å². The minimum absolute atomic E-state index is 0.231. The van der Waals surface area contributed by atoms with Crippen LogP contribution in [0.3, 0.4) is 0 Å². The van der Waals surface area contributed by atoms with Gasteiger partial charge >= 0.3 is 0 Å². The molecule has 124 valence electrons. The number of nitrogen functional groups attached to an aromatic ring is 1. The standard InChI is InChI=1S/C16H18N6O2/c1-2-22-14-12(20-16(22)17)5-10(7-18-14)15(23)19-8-11-6-13(24-21-11)9-3-4-9/h5-7,9H,2-4,8H2,1H3,(H2,17,20)(H,19,23). The molecular weight excluding hydrogens is 308 g/mol. The van der Waals surface area contributed by atoms with Gasteiger partial charge in [0.1, 0.15) is 17.0 Å². The molecule has 1 aliphatic rings. The average molecular weight is 326 g/mol. The van der Waals surface area contributed by atoms with Crippen molar-refractivity contribution in [1.29, 1.82) is 0 Å². The second-order valence-corrected chi connectivity index (χ2v) is 5.96. The second-order valence-electron chi connectivity index (χ2n) is 5.96. The Balaban J connectivity index is 1.48. The van der Waals surface area contributed by atoms with Crippen LogP contribution >= 0.6 is 0 Å². The van der Waals surface area contributed by atoms with Crippen molar-refractivity contribution in [3.8, 4) is 0 Å². The van der Waals surface area contributed by atoms with E-state index in [2.05, 4.69) is 20.4 Å². The quantitative estimate of drug-likeness (QED) is 0.740. The molecule has 0 aromatic carbocycles. The van der Waals surface area contributed by atoms with Crippen molar-refractivity contribution in [3.63, 3.8) is 0 Å². The Labute approximate surface area is 138 Å². The summed E-state index contributed by atoms with van der Waals surface area (Å²) in [6, 6.07) is 3.60. The lowest BCUT2D eigenvalue weighted by molar-refractivity contribution is 0.0950. The summed E-state index contributed by atoms with van der Waals surface area (Å²) in [4.78, 5) is 20.9. The molecule has 8 heteroatoms. The van der Waals surface area contributed by atoms with Crippen molar-refractivity contribution >= 4 is 23.0 Å². The van der Waals surface area contributed by atoms with Crippen molar-refractivity contribution in [2.24, 2.45) is 0 Å². The van der Waals surface area contributed by atoms with E-state index in [0.717, 1.165) is 24.3 Å². The van der Waals surface area contributed by atoms with Crippen LogP contribution in [0.4, 0.5) is 5.95 Å². The smallest absolute Gasteiger partial charge is 0.253 e. The number of anilines is 1. The van der Waals surface area contributed by atoms with Gasteiger partial charge in [0, 0.05) is 24.7 Å². The maximum Gasteiger partial charge on any atom is 0.253 e. The molecule has 0 bridgehead atoms. The third kappa shape index (κ3) is 2.60. The van der Waals surface area contributed by atoms with Crippen molar-refractivity contribution in [3.05, 3.63) is 35.3 Å². The summed E-state index contributed by atoms with van der Waals surface area (Å²) < 4.78 is 7.07. The lowest BCUT2D eigenvalue weighted by Gasteiger charge is -2.03. The molecule has 0 atom stereocenters. The van der Waals surface area contributed by atoms with E-state index in [1.165, 1.54) is 6.20 Å². The van der Waals surface area contributed by atoms with Gasteiger partial charge in [0.25, 0.3) is 5.91 Å². The summed E-state index contributed by atoms with van der Waals surface area (Å²) in [5, 5.41) is 6.80. The number of nitrogens with zero attached hydrogens (tertiary/aromatic N) is 4. The molecule has 0 unspecified atom stereocenters. The minimum Gasteiger partial charge on any atom is -0.369 e. The third-order valence-corrected chi connectivity index (χ3v) is 4.18. The number of aromatic nitrogens is 4. The molecule has 1 fully saturated rings. The Bertz CT molecular complexity index is 909. The number of aryl methyl sites for hydroxylation is 1. The van der Waals surface area contributed by atoms with Gasteiger partial charge in [0.2, 0.25) is 5.95 Å². The van der Waals surface area contributed by atoms with E-state index >= 15 is 0 Å². The van der Waals surface area contributed by atoms with Gasteiger partial charge in [-0.05, 0) is 25.8 Å². The molecule has 1 aliphatic carbocycles. The number of hydrogen-bond acceptors (Lipinski definition) is 6. The van der Waals surface area contributed by atoms with Crippen LogP contribution in [-0.2, 0) is 13.1 Å². The van der Waals surface area contributed by atoms with Crippen molar-refractivity contribution in [2.75, 3.05) is 5.73 Å². The lowest BCUT2D eigenvalue weighted by Crippen LogP contribution is -2.23. The van der Waals surface area contributed by atoms with Crippen LogP contribution in [0, 0.1) is 0 Å². The molecule has 1 saturated carbocycles. The summed E-state index contributed by atoms with van der Waals surface area (Å²) in [6.07, 6.45) is 3.84. The molecule has 24 heavy (non-hydrogen) atoms.